The third-order valence-corrected chi connectivity index (χ3v) is 2.42. The maximum atomic E-state index is 10.9. The molecule has 0 aliphatic carbocycles. The first-order valence-corrected chi connectivity index (χ1v) is 4.90. The lowest BCUT2D eigenvalue weighted by atomic mass is 10.0. The second kappa shape index (κ2) is 3.90. The van der Waals surface area contributed by atoms with E-state index in [1.165, 1.54) is 6.07 Å². The van der Waals surface area contributed by atoms with E-state index in [9.17, 15) is 9.90 Å². The van der Waals surface area contributed by atoms with Gasteiger partial charge >= 0.3 is 5.97 Å². The number of carboxylic acids is 1. The largest absolute Gasteiger partial charge is 0.477 e. The van der Waals surface area contributed by atoms with Crippen LogP contribution < -0.4 is 0 Å². The molecule has 4 nitrogen and oxygen atoms in total. The van der Waals surface area contributed by atoms with Gasteiger partial charge in [-0.15, -0.1) is 0 Å². The smallest absolute Gasteiger partial charge is 0.354 e. The monoisotopic (exact) mass is 217 g/mol. The normalized spacial score (nSPS) is 12.6. The molecule has 1 heterocycles. The summed E-state index contributed by atoms with van der Waals surface area (Å²) in [6, 6.07) is 8.57. The second-order valence-corrected chi connectivity index (χ2v) is 3.59. The highest BCUT2D eigenvalue weighted by atomic mass is 16.4. The Morgan fingerprint density at radius 2 is 2.06 bits per heavy atom. The fourth-order valence-electron chi connectivity index (χ4n) is 1.66. The zero-order valence-corrected chi connectivity index (χ0v) is 8.71. The van der Waals surface area contributed by atoms with Crippen molar-refractivity contribution in [2.75, 3.05) is 0 Å². The summed E-state index contributed by atoms with van der Waals surface area (Å²) >= 11 is 0. The number of nitrogens with zero attached hydrogens (tertiary/aromatic N) is 1. The molecule has 82 valence electrons. The fourth-order valence-corrected chi connectivity index (χ4v) is 1.66. The van der Waals surface area contributed by atoms with E-state index >= 15 is 0 Å². The summed E-state index contributed by atoms with van der Waals surface area (Å²) in [5.74, 6) is -1.09. The van der Waals surface area contributed by atoms with Gasteiger partial charge in [-0.2, -0.15) is 0 Å². The lowest BCUT2D eigenvalue weighted by Gasteiger charge is -2.09. The van der Waals surface area contributed by atoms with Crippen LogP contribution in [0.5, 0.6) is 0 Å². The number of carbonyl (C=O) groups is 1. The molecule has 0 aliphatic rings. The topological polar surface area (TPSA) is 70.4 Å². The van der Waals surface area contributed by atoms with Gasteiger partial charge in [0, 0.05) is 5.39 Å². The second-order valence-electron chi connectivity index (χ2n) is 3.59. The van der Waals surface area contributed by atoms with Crippen LogP contribution in [0.25, 0.3) is 10.9 Å². The summed E-state index contributed by atoms with van der Waals surface area (Å²) in [6.45, 7) is 1.60. The standard InChI is InChI=1S/C12H11NO3/c1-7(14)9-6-11(12(15)16)13-10-5-3-2-4-8(9)10/h2-7,14H,1H3,(H,15,16)/t7-/m0/s1. The molecule has 0 unspecified atom stereocenters. The number of aliphatic hydroxyl groups excluding tert-OH is 1. The molecular formula is C12H11NO3. The highest BCUT2D eigenvalue weighted by molar-refractivity contribution is 5.91. The van der Waals surface area contributed by atoms with Crippen molar-refractivity contribution >= 4 is 16.9 Å². The van der Waals surface area contributed by atoms with Crippen LogP contribution in [-0.4, -0.2) is 21.2 Å². The summed E-state index contributed by atoms with van der Waals surface area (Å²) in [7, 11) is 0. The minimum atomic E-state index is -1.09. The molecule has 0 aliphatic heterocycles. The van der Waals surface area contributed by atoms with Gasteiger partial charge in [-0.05, 0) is 24.6 Å². The lowest BCUT2D eigenvalue weighted by Crippen LogP contribution is -2.04. The molecule has 1 atom stereocenters. The number of rotatable bonds is 2. The zero-order valence-electron chi connectivity index (χ0n) is 8.71. The van der Waals surface area contributed by atoms with E-state index < -0.39 is 12.1 Å². The summed E-state index contributed by atoms with van der Waals surface area (Å²) in [4.78, 5) is 14.9. The van der Waals surface area contributed by atoms with Crippen molar-refractivity contribution in [3.05, 3.63) is 41.6 Å². The molecule has 2 aromatic rings. The van der Waals surface area contributed by atoms with Gasteiger partial charge in [-0.3, -0.25) is 0 Å². The first-order valence-electron chi connectivity index (χ1n) is 4.90. The minimum absolute atomic E-state index is 0.0467. The molecule has 2 rings (SSSR count). The number of pyridine rings is 1. The molecular weight excluding hydrogens is 206 g/mol. The Hall–Kier alpha value is -1.94. The van der Waals surface area contributed by atoms with Crippen molar-refractivity contribution in [3.8, 4) is 0 Å². The quantitative estimate of drug-likeness (QED) is 0.807. The Balaban J connectivity index is 2.78. The van der Waals surface area contributed by atoms with Gasteiger partial charge < -0.3 is 10.2 Å². The molecule has 0 fully saturated rings. The SMILES string of the molecule is C[C@H](O)c1cc(C(=O)O)nc2ccccc12. The van der Waals surface area contributed by atoms with Gasteiger partial charge in [0.1, 0.15) is 5.69 Å². The van der Waals surface area contributed by atoms with Crippen LogP contribution >= 0.6 is 0 Å². The van der Waals surface area contributed by atoms with Gasteiger partial charge in [-0.1, -0.05) is 18.2 Å². The Morgan fingerprint density at radius 3 is 2.69 bits per heavy atom. The maximum Gasteiger partial charge on any atom is 0.354 e. The van der Waals surface area contributed by atoms with Gasteiger partial charge in [0.05, 0.1) is 11.6 Å². The van der Waals surface area contributed by atoms with Crippen molar-refractivity contribution < 1.29 is 15.0 Å². The van der Waals surface area contributed by atoms with Gasteiger partial charge in [-0.25, -0.2) is 9.78 Å². The van der Waals surface area contributed by atoms with Crippen LogP contribution in [0.3, 0.4) is 0 Å². The number of hydrogen-bond donors (Lipinski definition) is 2. The number of carboxylic acid groups (broad SMARTS) is 1. The van der Waals surface area contributed by atoms with E-state index in [0.717, 1.165) is 5.39 Å². The van der Waals surface area contributed by atoms with Crippen LogP contribution in [0.2, 0.25) is 0 Å². The van der Waals surface area contributed by atoms with Crippen molar-refractivity contribution in [1.29, 1.82) is 0 Å². The number of fused-ring (bicyclic) bond motifs is 1. The molecule has 16 heavy (non-hydrogen) atoms. The van der Waals surface area contributed by atoms with Crippen LogP contribution in [0.1, 0.15) is 29.1 Å². The highest BCUT2D eigenvalue weighted by Crippen LogP contribution is 2.23. The summed E-state index contributed by atoms with van der Waals surface area (Å²) < 4.78 is 0. The summed E-state index contributed by atoms with van der Waals surface area (Å²) in [5.41, 5.74) is 1.12. The van der Waals surface area contributed by atoms with Crippen LogP contribution in [0, 0.1) is 0 Å². The Morgan fingerprint density at radius 1 is 1.38 bits per heavy atom. The van der Waals surface area contributed by atoms with E-state index in [0.29, 0.717) is 11.1 Å². The van der Waals surface area contributed by atoms with E-state index in [1.54, 1.807) is 19.1 Å². The molecule has 0 spiro atoms. The number of hydrogen-bond acceptors (Lipinski definition) is 3. The van der Waals surface area contributed by atoms with Crippen molar-refractivity contribution in [2.45, 2.75) is 13.0 Å². The maximum absolute atomic E-state index is 10.9. The van der Waals surface area contributed by atoms with E-state index in [1.807, 2.05) is 12.1 Å². The molecule has 1 aromatic carbocycles. The average molecular weight is 217 g/mol. The van der Waals surface area contributed by atoms with Crippen LogP contribution in [-0.2, 0) is 0 Å². The number of benzene rings is 1. The molecule has 0 radical (unpaired) electrons. The van der Waals surface area contributed by atoms with E-state index in [-0.39, 0.29) is 5.69 Å². The first kappa shape index (κ1) is 10.6. The number of para-hydroxylation sites is 1. The average Bonchev–Trinajstić information content (AvgIpc) is 2.27. The first-order chi connectivity index (χ1) is 7.59. The molecule has 4 heteroatoms. The predicted octanol–water partition coefficient (Wildman–Crippen LogP) is 1.99. The third kappa shape index (κ3) is 1.75. The zero-order chi connectivity index (χ0) is 11.7. The molecule has 2 N–H and O–H groups in total. The van der Waals surface area contributed by atoms with Crippen molar-refractivity contribution in [2.24, 2.45) is 0 Å². The van der Waals surface area contributed by atoms with Gasteiger partial charge in [0.25, 0.3) is 0 Å². The molecule has 0 amide bonds. The Kier molecular flexibility index (Phi) is 2.58. The van der Waals surface area contributed by atoms with Crippen molar-refractivity contribution in [3.63, 3.8) is 0 Å². The van der Waals surface area contributed by atoms with Gasteiger partial charge in [0.15, 0.2) is 0 Å². The van der Waals surface area contributed by atoms with E-state index in [2.05, 4.69) is 4.98 Å². The molecule has 0 saturated carbocycles. The predicted molar refractivity (Wildman–Crippen MR) is 59.3 cm³/mol. The number of aliphatic hydroxyl groups is 1. The van der Waals surface area contributed by atoms with E-state index in [4.69, 9.17) is 5.11 Å². The number of aromatic carboxylic acids is 1. The van der Waals surface area contributed by atoms with Gasteiger partial charge in [0.2, 0.25) is 0 Å². The third-order valence-electron chi connectivity index (χ3n) is 2.42. The highest BCUT2D eigenvalue weighted by Gasteiger charge is 2.13. The summed E-state index contributed by atoms with van der Waals surface area (Å²) in [6.07, 6.45) is -0.717. The minimum Gasteiger partial charge on any atom is -0.477 e. The fraction of sp³-hybridized carbons (Fsp3) is 0.167. The summed E-state index contributed by atoms with van der Waals surface area (Å²) in [5, 5.41) is 19.3. The number of aromatic nitrogens is 1. The Labute approximate surface area is 92.2 Å². The molecule has 1 aromatic heterocycles. The van der Waals surface area contributed by atoms with Crippen molar-refractivity contribution in [1.82, 2.24) is 4.98 Å². The van der Waals surface area contributed by atoms with Crippen LogP contribution in [0.15, 0.2) is 30.3 Å². The lowest BCUT2D eigenvalue weighted by molar-refractivity contribution is 0.0690. The Bertz CT molecular complexity index is 549. The molecule has 0 saturated heterocycles. The molecule has 0 bridgehead atoms. The van der Waals surface area contributed by atoms with Crippen LogP contribution in [0.4, 0.5) is 0 Å².